The first kappa shape index (κ1) is 29.4. The van der Waals surface area contributed by atoms with Crippen molar-refractivity contribution in [1.82, 2.24) is 0 Å². The molecule has 0 saturated carbocycles. The third kappa shape index (κ3) is 6.78. The average molecular weight is 609 g/mol. The van der Waals surface area contributed by atoms with Gasteiger partial charge in [-0.25, -0.2) is 0 Å². The maximum Gasteiger partial charge on any atom is 0.160 e. The molecule has 0 N–H and O–H groups in total. The molecule has 2 aliphatic rings. The van der Waals surface area contributed by atoms with E-state index in [4.69, 9.17) is 9.47 Å². The van der Waals surface area contributed by atoms with Crippen LogP contribution in [-0.2, 0) is 9.47 Å². The van der Waals surface area contributed by atoms with Gasteiger partial charge in [-0.2, -0.15) is 0 Å². The summed E-state index contributed by atoms with van der Waals surface area (Å²) in [5.74, 6) is 1.29. The Kier molecular flexibility index (Phi) is 9.51. The molecule has 0 aliphatic carbocycles. The molecule has 6 rings (SSSR count). The molecule has 216 valence electrons. The summed E-state index contributed by atoms with van der Waals surface area (Å²) in [6.07, 6.45) is 16.7. The highest BCUT2D eigenvalue weighted by Gasteiger charge is 2.17. The highest BCUT2D eigenvalue weighted by atomic mass is 32.2. The summed E-state index contributed by atoms with van der Waals surface area (Å²) in [5, 5.41) is 0. The van der Waals surface area contributed by atoms with Gasteiger partial charge < -0.3 is 9.47 Å². The van der Waals surface area contributed by atoms with Gasteiger partial charge in [0.05, 0.1) is 14.2 Å². The van der Waals surface area contributed by atoms with Gasteiger partial charge in [0, 0.05) is 19.6 Å². The Labute approximate surface area is 268 Å². The molecule has 4 aromatic rings. The van der Waals surface area contributed by atoms with E-state index in [1.165, 1.54) is 41.9 Å². The number of hydrogen-bond acceptors (Lipinski definition) is 4. The molecule has 0 radical (unpaired) electrons. The molecule has 0 aromatic heterocycles. The van der Waals surface area contributed by atoms with Crippen molar-refractivity contribution in [3.63, 3.8) is 0 Å². The molecule has 2 aliphatic heterocycles. The molecule has 0 amide bonds. The number of fused-ring (bicyclic) bond motifs is 2. The molecule has 0 saturated heterocycles. The largest absolute Gasteiger partial charge is 0.493 e. The van der Waals surface area contributed by atoms with Gasteiger partial charge in [0.2, 0.25) is 0 Å². The molecule has 4 heteroatoms. The topological polar surface area (TPSA) is 18.5 Å². The predicted molar refractivity (Wildman–Crippen MR) is 189 cm³/mol. The van der Waals surface area contributed by atoms with Crippen molar-refractivity contribution in [2.75, 3.05) is 14.2 Å². The van der Waals surface area contributed by atoms with Crippen molar-refractivity contribution in [3.8, 4) is 0 Å². The maximum absolute atomic E-state index is 5.76. The van der Waals surface area contributed by atoms with Crippen molar-refractivity contribution in [1.29, 1.82) is 0 Å². The molecular formula is C40H32O2S2. The Morgan fingerprint density at radius 3 is 1.30 bits per heavy atom. The summed E-state index contributed by atoms with van der Waals surface area (Å²) in [6.45, 7) is 0. The zero-order valence-corrected chi connectivity index (χ0v) is 26.3. The number of thioether (sulfide) groups is 2. The van der Waals surface area contributed by atoms with E-state index in [2.05, 4.69) is 121 Å². The first-order chi connectivity index (χ1) is 21.7. The molecule has 0 spiro atoms. The van der Waals surface area contributed by atoms with Gasteiger partial charge in [-0.05, 0) is 69.8 Å². The fraction of sp³-hybridized carbons (Fsp3) is 0.0500. The van der Waals surface area contributed by atoms with Gasteiger partial charge in [-0.3, -0.25) is 0 Å². The van der Waals surface area contributed by atoms with E-state index in [0.29, 0.717) is 11.5 Å². The Balaban J connectivity index is 1.29. The smallest absolute Gasteiger partial charge is 0.160 e. The minimum absolute atomic E-state index is 0.643. The summed E-state index contributed by atoms with van der Waals surface area (Å²) in [7, 11) is 3.34. The lowest BCUT2D eigenvalue weighted by molar-refractivity contribution is 0.241. The molecule has 2 heterocycles. The summed E-state index contributed by atoms with van der Waals surface area (Å²) in [5.41, 5.74) is 7.17. The lowest BCUT2D eigenvalue weighted by Crippen LogP contribution is -1.94. The number of rotatable bonds is 8. The number of benzene rings is 4. The van der Waals surface area contributed by atoms with Crippen LogP contribution in [0.15, 0.2) is 179 Å². The van der Waals surface area contributed by atoms with Gasteiger partial charge in [-0.15, -0.1) is 0 Å². The highest BCUT2D eigenvalue weighted by molar-refractivity contribution is 8.08. The van der Waals surface area contributed by atoms with Crippen LogP contribution in [0.3, 0.4) is 0 Å². The fourth-order valence-electron chi connectivity index (χ4n) is 5.07. The molecular weight excluding hydrogens is 577 g/mol. The summed E-state index contributed by atoms with van der Waals surface area (Å²) >= 11 is 3.61. The van der Waals surface area contributed by atoms with Crippen LogP contribution < -0.4 is 0 Å². The van der Waals surface area contributed by atoms with E-state index in [1.54, 1.807) is 37.7 Å². The van der Waals surface area contributed by atoms with Gasteiger partial charge in [0.1, 0.15) is 0 Å². The second kappa shape index (κ2) is 14.2. The third-order valence-corrected chi connectivity index (χ3v) is 9.55. The van der Waals surface area contributed by atoms with E-state index >= 15 is 0 Å². The van der Waals surface area contributed by atoms with E-state index < -0.39 is 0 Å². The summed E-state index contributed by atoms with van der Waals surface area (Å²) in [4.78, 5) is 4.95. The predicted octanol–water partition coefficient (Wildman–Crippen LogP) is 11.1. The maximum atomic E-state index is 5.76. The van der Waals surface area contributed by atoms with Crippen LogP contribution >= 0.6 is 23.5 Å². The van der Waals surface area contributed by atoms with E-state index in [1.807, 2.05) is 36.4 Å². The van der Waals surface area contributed by atoms with Crippen molar-refractivity contribution in [3.05, 3.63) is 192 Å². The first-order valence-electron chi connectivity index (χ1n) is 14.4. The van der Waals surface area contributed by atoms with Crippen LogP contribution in [0.4, 0.5) is 0 Å². The van der Waals surface area contributed by atoms with Crippen molar-refractivity contribution < 1.29 is 9.47 Å². The van der Waals surface area contributed by atoms with E-state index in [-0.39, 0.29) is 0 Å². The third-order valence-electron chi connectivity index (χ3n) is 7.26. The van der Waals surface area contributed by atoms with Crippen LogP contribution in [0.1, 0.15) is 22.3 Å². The number of methoxy groups -OCH3 is 2. The van der Waals surface area contributed by atoms with Gasteiger partial charge >= 0.3 is 0 Å². The Bertz CT molecular complexity index is 1720. The average Bonchev–Trinajstić information content (AvgIpc) is 3.09. The molecule has 0 bridgehead atoms. The lowest BCUT2D eigenvalue weighted by Gasteiger charge is -2.19. The molecule has 0 unspecified atom stereocenters. The normalized spacial score (nSPS) is 16.8. The summed E-state index contributed by atoms with van der Waals surface area (Å²) < 4.78 is 11.5. The standard InChI is InChI=1S/C40H32O2S2/c1-41-35(23-13-19-31-27-39(29-15-5-3-6-16-29)43-37-25-11-9-21-33(31)37)36(42-2)24-14-20-32-28-40(30-17-7-4-8-18-30)44-38-26-12-10-22-34(32)38/h3-28H,1-2H3/b23-13+,24-14+,31-19-,32-20-,36-35+. The Hall–Kier alpha value is -4.64. The molecule has 44 heavy (non-hydrogen) atoms. The number of allylic oxidation sites excluding steroid dienone is 10. The van der Waals surface area contributed by atoms with Crippen molar-refractivity contribution >= 4 is 44.5 Å². The zero-order valence-electron chi connectivity index (χ0n) is 24.6. The first-order valence-corrected chi connectivity index (χ1v) is 16.0. The quantitative estimate of drug-likeness (QED) is 0.146. The Morgan fingerprint density at radius 2 is 0.886 bits per heavy atom. The molecule has 2 nitrogen and oxygen atoms in total. The van der Waals surface area contributed by atoms with Crippen LogP contribution in [-0.4, -0.2) is 14.2 Å². The van der Waals surface area contributed by atoms with Crippen LogP contribution in [0.5, 0.6) is 0 Å². The highest BCUT2D eigenvalue weighted by Crippen LogP contribution is 2.45. The monoisotopic (exact) mass is 608 g/mol. The van der Waals surface area contributed by atoms with Crippen LogP contribution in [0.2, 0.25) is 0 Å². The molecule has 0 fully saturated rings. The second-order valence-corrected chi connectivity index (χ2v) is 12.2. The minimum atomic E-state index is 0.643. The van der Waals surface area contributed by atoms with Gasteiger partial charge in [0.25, 0.3) is 0 Å². The lowest BCUT2D eigenvalue weighted by atomic mass is 10.0. The second-order valence-electron chi connectivity index (χ2n) is 10.0. The van der Waals surface area contributed by atoms with Crippen LogP contribution in [0, 0.1) is 0 Å². The Morgan fingerprint density at radius 1 is 0.500 bits per heavy atom. The number of hydrogen-bond donors (Lipinski definition) is 0. The van der Waals surface area contributed by atoms with Crippen molar-refractivity contribution in [2.45, 2.75) is 9.79 Å². The van der Waals surface area contributed by atoms with Gasteiger partial charge in [0.15, 0.2) is 11.5 Å². The molecule has 4 aromatic carbocycles. The van der Waals surface area contributed by atoms with Gasteiger partial charge in [-0.1, -0.05) is 145 Å². The zero-order chi connectivity index (χ0) is 30.1. The van der Waals surface area contributed by atoms with E-state index in [9.17, 15) is 0 Å². The van der Waals surface area contributed by atoms with Crippen LogP contribution in [0.25, 0.3) is 21.0 Å². The number of ether oxygens (including phenoxy) is 2. The fourth-order valence-corrected chi connectivity index (χ4v) is 7.31. The van der Waals surface area contributed by atoms with E-state index in [0.717, 1.165) is 11.1 Å². The van der Waals surface area contributed by atoms with Crippen molar-refractivity contribution in [2.24, 2.45) is 0 Å². The summed E-state index contributed by atoms with van der Waals surface area (Å²) in [6, 6.07) is 38.1. The minimum Gasteiger partial charge on any atom is -0.493 e. The SMILES string of the molecule is COC(/C=C/C=C1/C=C(c2ccccc2)Sc2ccccc21)=C(\C=C\C=C1\C=C(c2ccccc2)Sc2ccccc21)OC. The molecule has 0 atom stereocenters.